The van der Waals surface area contributed by atoms with E-state index in [0.717, 1.165) is 27.8 Å². The highest BCUT2D eigenvalue weighted by atomic mass is 16.2. The van der Waals surface area contributed by atoms with Crippen molar-refractivity contribution >= 4 is 28.3 Å². The van der Waals surface area contributed by atoms with Gasteiger partial charge in [0, 0.05) is 23.9 Å². The molecule has 0 aliphatic carbocycles. The van der Waals surface area contributed by atoms with Crippen molar-refractivity contribution in [2.24, 2.45) is 0 Å². The smallest absolute Gasteiger partial charge is 0.237 e. The summed E-state index contributed by atoms with van der Waals surface area (Å²) in [7, 11) is 0. The van der Waals surface area contributed by atoms with E-state index in [1.54, 1.807) is 17.4 Å². The number of carbonyl (C=O) groups excluding carboxylic acids is 1. The van der Waals surface area contributed by atoms with Gasteiger partial charge >= 0.3 is 0 Å². The second-order valence-electron chi connectivity index (χ2n) is 6.31. The van der Waals surface area contributed by atoms with Gasteiger partial charge in [0.15, 0.2) is 0 Å². The number of aromatic amines is 2. The summed E-state index contributed by atoms with van der Waals surface area (Å²) < 4.78 is 0. The zero-order valence-electron chi connectivity index (χ0n) is 13.3. The van der Waals surface area contributed by atoms with Crippen LogP contribution in [-0.2, 0) is 10.2 Å². The van der Waals surface area contributed by atoms with Crippen molar-refractivity contribution in [3.05, 3.63) is 24.2 Å². The van der Waals surface area contributed by atoms with E-state index in [4.69, 9.17) is 5.73 Å². The number of nitrogens with zero attached hydrogens (tertiary/aromatic N) is 3. The fourth-order valence-electron chi connectivity index (χ4n) is 3.52. The first-order chi connectivity index (χ1) is 11.0. The largest absolute Gasteiger partial charge is 0.396 e. The lowest BCUT2D eigenvalue weighted by atomic mass is 9.81. The summed E-state index contributed by atoms with van der Waals surface area (Å²) in [5.74, 6) is 0.0815. The number of likely N-dealkylation sites (N-methyl/N-ethyl adjacent to an activating group) is 1. The molecule has 0 radical (unpaired) electrons. The summed E-state index contributed by atoms with van der Waals surface area (Å²) in [4.78, 5) is 22.2. The van der Waals surface area contributed by atoms with Crippen molar-refractivity contribution in [2.75, 3.05) is 17.2 Å². The van der Waals surface area contributed by atoms with Crippen LogP contribution in [0.2, 0.25) is 0 Å². The Morgan fingerprint density at radius 2 is 2.17 bits per heavy atom. The SMILES string of the molecule is CCN1C(=O)C(C)(C)c2c1cc1nc[nH]c1c2-c1n[nH]cc1N. The third kappa shape index (κ3) is 1.61. The molecular formula is C16H18N6O. The van der Waals surface area contributed by atoms with Gasteiger partial charge in [-0.05, 0) is 26.8 Å². The maximum Gasteiger partial charge on any atom is 0.237 e. The number of hydrogen-bond donors (Lipinski definition) is 3. The fraction of sp³-hybridized carbons (Fsp3) is 0.312. The molecule has 0 fully saturated rings. The predicted octanol–water partition coefficient (Wildman–Crippen LogP) is 2.18. The first kappa shape index (κ1) is 13.8. The molecule has 0 atom stereocenters. The lowest BCUT2D eigenvalue weighted by Gasteiger charge is -2.19. The van der Waals surface area contributed by atoms with Gasteiger partial charge in [-0.25, -0.2) is 4.98 Å². The van der Waals surface area contributed by atoms with Crippen LogP contribution in [0.5, 0.6) is 0 Å². The molecule has 118 valence electrons. The highest BCUT2D eigenvalue weighted by molar-refractivity contribution is 6.14. The van der Waals surface area contributed by atoms with Crippen LogP contribution in [0.4, 0.5) is 11.4 Å². The number of nitrogens with one attached hydrogen (secondary N) is 2. The second-order valence-corrected chi connectivity index (χ2v) is 6.31. The summed E-state index contributed by atoms with van der Waals surface area (Å²) in [6.45, 7) is 6.47. The van der Waals surface area contributed by atoms with E-state index in [0.29, 0.717) is 17.9 Å². The predicted molar refractivity (Wildman–Crippen MR) is 89.1 cm³/mol. The number of anilines is 2. The summed E-state index contributed by atoms with van der Waals surface area (Å²) in [5.41, 5.74) is 11.0. The Morgan fingerprint density at radius 3 is 2.83 bits per heavy atom. The average molecular weight is 310 g/mol. The van der Waals surface area contributed by atoms with E-state index in [2.05, 4.69) is 20.2 Å². The summed E-state index contributed by atoms with van der Waals surface area (Å²) in [6.07, 6.45) is 3.30. The number of amides is 1. The first-order valence-electron chi connectivity index (χ1n) is 7.59. The van der Waals surface area contributed by atoms with Crippen molar-refractivity contribution in [3.63, 3.8) is 0 Å². The highest BCUT2D eigenvalue weighted by Gasteiger charge is 2.46. The number of carbonyl (C=O) groups is 1. The molecule has 23 heavy (non-hydrogen) atoms. The van der Waals surface area contributed by atoms with Crippen LogP contribution >= 0.6 is 0 Å². The van der Waals surface area contributed by atoms with Crippen molar-refractivity contribution in [2.45, 2.75) is 26.2 Å². The van der Waals surface area contributed by atoms with Gasteiger partial charge in [0.25, 0.3) is 0 Å². The van der Waals surface area contributed by atoms with Crippen LogP contribution in [0, 0.1) is 0 Å². The molecule has 7 nitrogen and oxygen atoms in total. The van der Waals surface area contributed by atoms with Crippen LogP contribution in [0.3, 0.4) is 0 Å². The first-order valence-corrected chi connectivity index (χ1v) is 7.59. The number of fused-ring (bicyclic) bond motifs is 2. The molecule has 0 bridgehead atoms. The van der Waals surface area contributed by atoms with E-state index >= 15 is 0 Å². The number of benzene rings is 1. The number of aromatic nitrogens is 4. The van der Waals surface area contributed by atoms with Crippen LogP contribution in [0.1, 0.15) is 26.3 Å². The van der Waals surface area contributed by atoms with Crippen LogP contribution in [0.25, 0.3) is 22.3 Å². The quantitative estimate of drug-likeness (QED) is 0.675. The Balaban J connectivity index is 2.18. The average Bonchev–Trinajstić information content (AvgIpc) is 3.18. The third-order valence-electron chi connectivity index (χ3n) is 4.62. The minimum atomic E-state index is -0.647. The van der Waals surface area contributed by atoms with Gasteiger partial charge < -0.3 is 15.6 Å². The van der Waals surface area contributed by atoms with Gasteiger partial charge in [0.05, 0.1) is 34.2 Å². The molecule has 4 N–H and O–H groups in total. The monoisotopic (exact) mass is 310 g/mol. The number of rotatable bonds is 2. The molecule has 7 heteroatoms. The van der Waals surface area contributed by atoms with Crippen LogP contribution < -0.4 is 10.6 Å². The molecule has 1 aliphatic heterocycles. The van der Waals surface area contributed by atoms with Gasteiger partial charge in [0.1, 0.15) is 5.69 Å². The maximum atomic E-state index is 12.9. The standard InChI is InChI=1S/C16H18N6O/c1-4-22-10-5-9-14(19-7-18-9)11(13-8(17)6-20-21-13)12(10)16(2,3)15(22)23/h5-7H,4,17H2,1-3H3,(H,18,19)(H,20,21). The van der Waals surface area contributed by atoms with E-state index in [-0.39, 0.29) is 5.91 Å². The summed E-state index contributed by atoms with van der Waals surface area (Å²) in [6, 6.07) is 1.96. The van der Waals surface area contributed by atoms with Crippen molar-refractivity contribution in [3.8, 4) is 11.3 Å². The Kier molecular flexibility index (Phi) is 2.61. The molecule has 1 aliphatic rings. The molecule has 3 aromatic rings. The number of H-pyrrole nitrogens is 2. The lowest BCUT2D eigenvalue weighted by molar-refractivity contribution is -0.122. The summed E-state index contributed by atoms with van der Waals surface area (Å²) >= 11 is 0. The van der Waals surface area contributed by atoms with Crippen molar-refractivity contribution in [1.82, 2.24) is 20.2 Å². The Hall–Kier alpha value is -2.83. The maximum absolute atomic E-state index is 12.9. The molecule has 1 aromatic carbocycles. The van der Waals surface area contributed by atoms with Crippen LogP contribution in [-0.4, -0.2) is 32.6 Å². The minimum Gasteiger partial charge on any atom is -0.396 e. The van der Waals surface area contributed by atoms with E-state index in [9.17, 15) is 4.79 Å². The molecule has 0 saturated heterocycles. The molecular weight excluding hydrogens is 292 g/mol. The number of hydrogen-bond acceptors (Lipinski definition) is 4. The Bertz CT molecular complexity index is 935. The highest BCUT2D eigenvalue weighted by Crippen LogP contribution is 2.49. The topological polar surface area (TPSA) is 104 Å². The molecule has 2 aromatic heterocycles. The minimum absolute atomic E-state index is 0.0815. The normalized spacial score (nSPS) is 16.3. The van der Waals surface area contributed by atoms with Crippen LogP contribution in [0.15, 0.2) is 18.6 Å². The molecule has 0 saturated carbocycles. The molecule has 1 amide bonds. The van der Waals surface area contributed by atoms with Gasteiger partial charge in [-0.1, -0.05) is 0 Å². The Morgan fingerprint density at radius 1 is 1.39 bits per heavy atom. The lowest BCUT2D eigenvalue weighted by Crippen LogP contribution is -2.36. The molecule has 4 rings (SSSR count). The van der Waals surface area contributed by atoms with Gasteiger partial charge in [0.2, 0.25) is 5.91 Å². The van der Waals surface area contributed by atoms with E-state index in [1.165, 1.54) is 0 Å². The van der Waals surface area contributed by atoms with Gasteiger partial charge in [-0.3, -0.25) is 9.89 Å². The zero-order chi connectivity index (χ0) is 16.4. The van der Waals surface area contributed by atoms with Crippen molar-refractivity contribution < 1.29 is 4.79 Å². The summed E-state index contributed by atoms with van der Waals surface area (Å²) in [5, 5.41) is 7.11. The molecule has 0 spiro atoms. The van der Waals surface area contributed by atoms with Crippen molar-refractivity contribution in [1.29, 1.82) is 0 Å². The molecule has 3 heterocycles. The molecule has 0 unspecified atom stereocenters. The number of nitrogens with two attached hydrogens (primary N) is 1. The second kappa shape index (κ2) is 4.34. The number of imidazole rings is 1. The van der Waals surface area contributed by atoms with Gasteiger partial charge in [-0.2, -0.15) is 5.10 Å². The van der Waals surface area contributed by atoms with E-state index in [1.807, 2.05) is 26.8 Å². The third-order valence-corrected chi connectivity index (χ3v) is 4.62. The van der Waals surface area contributed by atoms with E-state index < -0.39 is 5.41 Å². The Labute approximate surface area is 132 Å². The van der Waals surface area contributed by atoms with Gasteiger partial charge in [-0.15, -0.1) is 0 Å². The number of nitrogen functional groups attached to an aromatic ring is 1. The zero-order valence-corrected chi connectivity index (χ0v) is 13.3. The fourth-order valence-corrected chi connectivity index (χ4v) is 3.52.